The van der Waals surface area contributed by atoms with E-state index < -0.39 is 5.63 Å². The van der Waals surface area contributed by atoms with Crippen LogP contribution in [0.2, 0.25) is 0 Å². The van der Waals surface area contributed by atoms with Crippen molar-refractivity contribution < 1.29 is 24.2 Å². The smallest absolute Gasteiger partial charge is 0.340 e. The molecule has 1 aliphatic heterocycles. The maximum Gasteiger partial charge on any atom is 0.340 e. The van der Waals surface area contributed by atoms with E-state index in [2.05, 4.69) is 10.2 Å². The number of nitrogens with one attached hydrogen (secondary N) is 1. The van der Waals surface area contributed by atoms with Crippen molar-refractivity contribution in [2.75, 3.05) is 39.4 Å². The number of aryl methyl sites for hydroxylation is 1. The molecule has 0 unspecified atom stereocenters. The summed E-state index contributed by atoms with van der Waals surface area (Å²) in [7, 11) is 0. The first kappa shape index (κ1) is 19.2. The monoisotopic (exact) mass is 376 g/mol. The third kappa shape index (κ3) is 4.58. The van der Waals surface area contributed by atoms with E-state index in [1.807, 2.05) is 0 Å². The predicted octanol–water partition coefficient (Wildman–Crippen LogP) is 0.894. The molecule has 1 aliphatic rings. The Hall–Kier alpha value is -2.58. The number of phenolic OH excluding ortho intramolecular Hbond substituents is 2. The molecular weight excluding hydrogens is 352 g/mol. The van der Waals surface area contributed by atoms with Crippen LogP contribution in [0, 0.1) is 6.92 Å². The molecule has 3 rings (SSSR count). The van der Waals surface area contributed by atoms with Gasteiger partial charge >= 0.3 is 5.63 Å². The topological polar surface area (TPSA) is 112 Å². The highest BCUT2D eigenvalue weighted by molar-refractivity contribution is 5.89. The molecule has 3 N–H and O–H groups in total. The molecule has 27 heavy (non-hydrogen) atoms. The fourth-order valence-corrected chi connectivity index (χ4v) is 3.29. The van der Waals surface area contributed by atoms with Crippen molar-refractivity contribution in [3.63, 3.8) is 0 Å². The highest BCUT2D eigenvalue weighted by Crippen LogP contribution is 2.32. The van der Waals surface area contributed by atoms with Gasteiger partial charge in [-0.25, -0.2) is 4.79 Å². The van der Waals surface area contributed by atoms with Gasteiger partial charge in [0.05, 0.1) is 30.6 Å². The molecule has 8 heteroatoms. The van der Waals surface area contributed by atoms with Crippen molar-refractivity contribution >= 4 is 16.9 Å². The summed E-state index contributed by atoms with van der Waals surface area (Å²) < 4.78 is 10.5. The summed E-state index contributed by atoms with van der Waals surface area (Å²) in [5.74, 6) is -0.670. The summed E-state index contributed by atoms with van der Waals surface area (Å²) in [6.45, 7) is 6.36. The first-order valence-corrected chi connectivity index (χ1v) is 9.01. The molecule has 146 valence electrons. The highest BCUT2D eigenvalue weighted by atomic mass is 16.5. The fraction of sp³-hybridized carbons (Fsp3) is 0.474. The second-order valence-electron chi connectivity index (χ2n) is 6.67. The van der Waals surface area contributed by atoms with Crippen LogP contribution in [0.4, 0.5) is 0 Å². The SMILES string of the molecule is Cc1c(CC(=O)NCCCN2CCOCC2)c(=O)oc2cc(O)cc(O)c12. The van der Waals surface area contributed by atoms with Crippen molar-refractivity contribution in [2.45, 2.75) is 19.8 Å². The van der Waals surface area contributed by atoms with Gasteiger partial charge in [0, 0.05) is 31.8 Å². The van der Waals surface area contributed by atoms with Crippen LogP contribution in [0.3, 0.4) is 0 Å². The second-order valence-corrected chi connectivity index (χ2v) is 6.67. The largest absolute Gasteiger partial charge is 0.508 e. The van der Waals surface area contributed by atoms with Crippen LogP contribution in [0.25, 0.3) is 11.0 Å². The van der Waals surface area contributed by atoms with Gasteiger partial charge in [-0.2, -0.15) is 0 Å². The molecule has 0 spiro atoms. The molecule has 1 fully saturated rings. The van der Waals surface area contributed by atoms with Crippen LogP contribution in [0.5, 0.6) is 11.5 Å². The van der Waals surface area contributed by atoms with E-state index in [-0.39, 0.29) is 35.0 Å². The predicted molar refractivity (Wildman–Crippen MR) is 99.1 cm³/mol. The van der Waals surface area contributed by atoms with Gasteiger partial charge in [-0.15, -0.1) is 0 Å². The Balaban J connectivity index is 1.62. The van der Waals surface area contributed by atoms with Crippen molar-refractivity contribution in [2.24, 2.45) is 0 Å². The van der Waals surface area contributed by atoms with Gasteiger partial charge in [0.2, 0.25) is 5.91 Å². The standard InChI is InChI=1S/C19H24N2O6/c1-12-14(19(25)27-16-10-13(22)9-15(23)18(12)16)11-17(24)20-3-2-4-21-5-7-26-8-6-21/h9-10,22-23H,2-8,11H2,1H3,(H,20,24). The zero-order chi connectivity index (χ0) is 19.4. The van der Waals surface area contributed by atoms with Crippen LogP contribution in [0.15, 0.2) is 21.3 Å². The number of aromatic hydroxyl groups is 2. The lowest BCUT2D eigenvalue weighted by Crippen LogP contribution is -2.38. The van der Waals surface area contributed by atoms with E-state index in [0.717, 1.165) is 39.3 Å². The molecule has 1 saturated heterocycles. The summed E-state index contributed by atoms with van der Waals surface area (Å²) >= 11 is 0. The number of carbonyl (C=O) groups is 1. The zero-order valence-electron chi connectivity index (χ0n) is 15.3. The van der Waals surface area contributed by atoms with Gasteiger partial charge in [-0.1, -0.05) is 0 Å². The van der Waals surface area contributed by atoms with Crippen LogP contribution in [0.1, 0.15) is 17.5 Å². The van der Waals surface area contributed by atoms with Crippen molar-refractivity contribution in [3.8, 4) is 11.5 Å². The second kappa shape index (κ2) is 8.41. The van der Waals surface area contributed by atoms with E-state index in [0.29, 0.717) is 17.5 Å². The summed E-state index contributed by atoms with van der Waals surface area (Å²) in [5.41, 5.74) is 0.120. The summed E-state index contributed by atoms with van der Waals surface area (Å²) in [6.07, 6.45) is 0.694. The Morgan fingerprint density at radius 2 is 2.00 bits per heavy atom. The summed E-state index contributed by atoms with van der Waals surface area (Å²) in [6, 6.07) is 2.43. The molecule has 1 aromatic carbocycles. The Kier molecular flexibility index (Phi) is 5.98. The van der Waals surface area contributed by atoms with E-state index in [1.165, 1.54) is 12.1 Å². The maximum atomic E-state index is 12.2. The molecule has 0 aliphatic carbocycles. The Bertz CT molecular complexity index is 886. The Morgan fingerprint density at radius 3 is 2.74 bits per heavy atom. The molecule has 8 nitrogen and oxygen atoms in total. The lowest BCUT2D eigenvalue weighted by Gasteiger charge is -2.26. The highest BCUT2D eigenvalue weighted by Gasteiger charge is 2.18. The third-order valence-corrected chi connectivity index (χ3v) is 4.76. The third-order valence-electron chi connectivity index (χ3n) is 4.76. The number of hydrogen-bond donors (Lipinski definition) is 3. The van der Waals surface area contributed by atoms with Gasteiger partial charge in [-0.3, -0.25) is 9.69 Å². The van der Waals surface area contributed by atoms with Gasteiger partial charge < -0.3 is 24.7 Å². The lowest BCUT2D eigenvalue weighted by atomic mass is 10.0. The average molecular weight is 376 g/mol. The summed E-state index contributed by atoms with van der Waals surface area (Å²) in [4.78, 5) is 26.7. The van der Waals surface area contributed by atoms with Crippen molar-refractivity contribution in [1.82, 2.24) is 10.2 Å². The molecule has 0 bridgehead atoms. The Labute approximate surface area is 156 Å². The van der Waals surface area contributed by atoms with E-state index in [4.69, 9.17) is 9.15 Å². The van der Waals surface area contributed by atoms with E-state index in [9.17, 15) is 19.8 Å². The number of amides is 1. The Morgan fingerprint density at radius 1 is 1.26 bits per heavy atom. The van der Waals surface area contributed by atoms with Crippen molar-refractivity contribution in [3.05, 3.63) is 33.7 Å². The van der Waals surface area contributed by atoms with Gasteiger partial charge in [0.15, 0.2) is 0 Å². The normalized spacial score (nSPS) is 15.1. The van der Waals surface area contributed by atoms with Crippen molar-refractivity contribution in [1.29, 1.82) is 0 Å². The van der Waals surface area contributed by atoms with Crippen LogP contribution < -0.4 is 10.9 Å². The van der Waals surface area contributed by atoms with Gasteiger partial charge in [0.25, 0.3) is 0 Å². The number of hydrogen-bond acceptors (Lipinski definition) is 7. The maximum absolute atomic E-state index is 12.2. The first-order valence-electron chi connectivity index (χ1n) is 9.01. The van der Waals surface area contributed by atoms with E-state index >= 15 is 0 Å². The molecule has 2 aromatic rings. The number of rotatable bonds is 6. The summed E-state index contributed by atoms with van der Waals surface area (Å²) in [5, 5.41) is 22.7. The minimum atomic E-state index is -0.645. The van der Waals surface area contributed by atoms with Gasteiger partial charge in [0.1, 0.15) is 17.1 Å². The average Bonchev–Trinajstić information content (AvgIpc) is 2.62. The zero-order valence-corrected chi connectivity index (χ0v) is 15.3. The fourth-order valence-electron chi connectivity index (χ4n) is 3.29. The number of ether oxygens (including phenoxy) is 1. The molecule has 0 radical (unpaired) electrons. The lowest BCUT2D eigenvalue weighted by molar-refractivity contribution is -0.120. The molecule has 0 saturated carbocycles. The molecular formula is C19H24N2O6. The molecule has 1 aromatic heterocycles. The number of phenols is 2. The number of nitrogens with zero attached hydrogens (tertiary/aromatic N) is 1. The molecule has 1 amide bonds. The minimum absolute atomic E-state index is 0.0877. The van der Waals surface area contributed by atoms with Crippen LogP contribution in [-0.2, 0) is 16.0 Å². The number of benzene rings is 1. The number of carbonyl (C=O) groups excluding carboxylic acids is 1. The minimum Gasteiger partial charge on any atom is -0.508 e. The van der Waals surface area contributed by atoms with Crippen LogP contribution >= 0.6 is 0 Å². The van der Waals surface area contributed by atoms with Crippen LogP contribution in [-0.4, -0.2) is 60.4 Å². The number of morpholine rings is 1. The quantitative estimate of drug-likeness (QED) is 0.507. The van der Waals surface area contributed by atoms with Gasteiger partial charge in [-0.05, 0) is 25.5 Å². The number of fused-ring (bicyclic) bond motifs is 1. The molecule has 2 heterocycles. The van der Waals surface area contributed by atoms with E-state index in [1.54, 1.807) is 6.92 Å². The first-order chi connectivity index (χ1) is 13.0. The molecule has 0 atom stereocenters.